The summed E-state index contributed by atoms with van der Waals surface area (Å²) in [7, 11) is 0. The summed E-state index contributed by atoms with van der Waals surface area (Å²) < 4.78 is 5.60. The molecule has 1 saturated carbocycles. The van der Waals surface area contributed by atoms with Crippen LogP contribution in [0.3, 0.4) is 0 Å². The van der Waals surface area contributed by atoms with Crippen molar-refractivity contribution in [1.29, 1.82) is 0 Å². The first-order valence-corrected chi connectivity index (χ1v) is 9.19. The number of Topliss-reactive ketones (excluding diaryl/α,β-unsaturated/α-hetero) is 1. The summed E-state index contributed by atoms with van der Waals surface area (Å²) in [5, 5.41) is 0. The quantitative estimate of drug-likeness (QED) is 0.808. The van der Waals surface area contributed by atoms with E-state index < -0.39 is 0 Å². The molecular formula is C20H27NO3. The first kappa shape index (κ1) is 17.0. The molecule has 1 heterocycles. The van der Waals surface area contributed by atoms with Gasteiger partial charge in [0.1, 0.15) is 12.4 Å². The SMILES string of the molecule is CCCC[C@H]1C[C@@H]2CC(=O)CC[C@H]2N1C(=O)OCc1ccccc1. The molecule has 2 fully saturated rings. The molecule has 1 aliphatic carbocycles. The zero-order chi connectivity index (χ0) is 16.9. The summed E-state index contributed by atoms with van der Waals surface area (Å²) in [5.74, 6) is 0.683. The Bertz CT molecular complexity index is 572. The van der Waals surface area contributed by atoms with Crippen molar-refractivity contribution in [3.8, 4) is 0 Å². The second-order valence-electron chi connectivity index (χ2n) is 7.09. The maximum absolute atomic E-state index is 12.7. The van der Waals surface area contributed by atoms with Crippen molar-refractivity contribution in [1.82, 2.24) is 4.90 Å². The van der Waals surface area contributed by atoms with Gasteiger partial charge in [-0.2, -0.15) is 0 Å². The molecule has 4 nitrogen and oxygen atoms in total. The molecule has 1 amide bonds. The van der Waals surface area contributed by atoms with Crippen molar-refractivity contribution < 1.29 is 14.3 Å². The van der Waals surface area contributed by atoms with Gasteiger partial charge >= 0.3 is 6.09 Å². The first-order chi connectivity index (χ1) is 11.7. The largest absolute Gasteiger partial charge is 0.445 e. The molecule has 0 unspecified atom stereocenters. The van der Waals surface area contributed by atoms with Crippen molar-refractivity contribution in [3.63, 3.8) is 0 Å². The Balaban J connectivity index is 1.66. The van der Waals surface area contributed by atoms with Crippen LogP contribution in [-0.2, 0) is 16.1 Å². The van der Waals surface area contributed by atoms with E-state index in [1.165, 1.54) is 0 Å². The zero-order valence-corrected chi connectivity index (χ0v) is 14.4. The highest BCUT2D eigenvalue weighted by Gasteiger charge is 2.46. The maximum atomic E-state index is 12.7. The third kappa shape index (κ3) is 3.80. The van der Waals surface area contributed by atoms with Gasteiger partial charge in [0.05, 0.1) is 0 Å². The van der Waals surface area contributed by atoms with Crippen LogP contribution in [0.4, 0.5) is 4.79 Å². The second kappa shape index (κ2) is 7.82. The van der Waals surface area contributed by atoms with Gasteiger partial charge in [0.15, 0.2) is 0 Å². The molecule has 130 valence electrons. The first-order valence-electron chi connectivity index (χ1n) is 9.19. The summed E-state index contributed by atoms with van der Waals surface area (Å²) in [6.07, 6.45) is 6.03. The lowest BCUT2D eigenvalue weighted by atomic mass is 9.84. The summed E-state index contributed by atoms with van der Waals surface area (Å²) in [4.78, 5) is 26.5. The molecule has 3 rings (SSSR count). The Labute approximate surface area is 144 Å². The highest BCUT2D eigenvalue weighted by Crippen LogP contribution is 2.40. The summed E-state index contributed by atoms with van der Waals surface area (Å²) in [6, 6.07) is 10.2. The predicted octanol–water partition coefficient (Wildman–Crippen LogP) is 4.33. The lowest BCUT2D eigenvalue weighted by molar-refractivity contribution is -0.122. The van der Waals surface area contributed by atoms with Crippen LogP contribution in [0.2, 0.25) is 0 Å². The molecule has 0 spiro atoms. The van der Waals surface area contributed by atoms with Gasteiger partial charge in [-0.1, -0.05) is 50.1 Å². The molecule has 0 bridgehead atoms. The fourth-order valence-corrected chi connectivity index (χ4v) is 4.19. The number of hydrogen-bond donors (Lipinski definition) is 0. The Kier molecular flexibility index (Phi) is 5.54. The van der Waals surface area contributed by atoms with Gasteiger partial charge in [0.2, 0.25) is 0 Å². The van der Waals surface area contributed by atoms with E-state index >= 15 is 0 Å². The minimum atomic E-state index is -0.207. The number of ketones is 1. The van der Waals surface area contributed by atoms with E-state index in [2.05, 4.69) is 6.92 Å². The highest BCUT2D eigenvalue weighted by atomic mass is 16.6. The lowest BCUT2D eigenvalue weighted by Gasteiger charge is -2.33. The molecule has 3 atom stereocenters. The lowest BCUT2D eigenvalue weighted by Crippen LogP contribution is -2.44. The van der Waals surface area contributed by atoms with Crippen molar-refractivity contribution >= 4 is 11.9 Å². The number of carbonyl (C=O) groups excluding carboxylic acids is 2. The number of amides is 1. The molecule has 24 heavy (non-hydrogen) atoms. The Morgan fingerprint density at radius 2 is 2.08 bits per heavy atom. The van der Waals surface area contributed by atoms with Gasteiger partial charge in [0, 0.05) is 24.9 Å². The molecule has 4 heteroatoms. The van der Waals surface area contributed by atoms with Crippen LogP contribution < -0.4 is 0 Å². The van der Waals surface area contributed by atoms with Gasteiger partial charge in [0.25, 0.3) is 0 Å². The molecule has 1 aliphatic heterocycles. The average molecular weight is 329 g/mol. The van der Waals surface area contributed by atoms with Gasteiger partial charge < -0.3 is 9.64 Å². The normalized spacial score (nSPS) is 26.3. The van der Waals surface area contributed by atoms with E-state index in [9.17, 15) is 9.59 Å². The number of unbranched alkanes of at least 4 members (excludes halogenated alkanes) is 1. The number of fused-ring (bicyclic) bond motifs is 1. The van der Waals surface area contributed by atoms with Crippen molar-refractivity contribution in [2.75, 3.05) is 0 Å². The maximum Gasteiger partial charge on any atom is 0.410 e. The average Bonchev–Trinajstić information content (AvgIpc) is 2.96. The van der Waals surface area contributed by atoms with Crippen molar-refractivity contribution in [3.05, 3.63) is 35.9 Å². The number of benzene rings is 1. The Morgan fingerprint density at radius 3 is 2.83 bits per heavy atom. The molecular weight excluding hydrogens is 302 g/mol. The van der Waals surface area contributed by atoms with Crippen molar-refractivity contribution in [2.24, 2.45) is 5.92 Å². The molecule has 1 aromatic carbocycles. The van der Waals surface area contributed by atoms with Gasteiger partial charge in [-0.15, -0.1) is 0 Å². The molecule has 2 aliphatic rings. The minimum absolute atomic E-state index is 0.188. The van der Waals surface area contributed by atoms with Gasteiger partial charge in [-0.25, -0.2) is 4.79 Å². The van der Waals surface area contributed by atoms with E-state index in [0.717, 1.165) is 37.7 Å². The van der Waals surface area contributed by atoms with Gasteiger partial charge in [-0.05, 0) is 30.7 Å². The minimum Gasteiger partial charge on any atom is -0.445 e. The standard InChI is InChI=1S/C20H27NO3/c1-2-3-9-17-12-16-13-18(22)10-11-19(16)21(17)20(23)24-14-15-7-5-4-6-8-15/h4-8,16-17,19H,2-3,9-14H2,1H3/t16-,17+,19-/m1/s1. The van der Waals surface area contributed by atoms with E-state index in [1.54, 1.807) is 0 Å². The summed E-state index contributed by atoms with van der Waals surface area (Å²) >= 11 is 0. The fourth-order valence-electron chi connectivity index (χ4n) is 4.19. The zero-order valence-electron chi connectivity index (χ0n) is 14.4. The van der Waals surface area contributed by atoms with Crippen LogP contribution in [0.5, 0.6) is 0 Å². The van der Waals surface area contributed by atoms with E-state index in [4.69, 9.17) is 4.74 Å². The molecule has 1 saturated heterocycles. The third-order valence-corrected chi connectivity index (χ3v) is 5.39. The predicted molar refractivity (Wildman–Crippen MR) is 92.5 cm³/mol. The van der Waals surface area contributed by atoms with Gasteiger partial charge in [-0.3, -0.25) is 4.79 Å². The van der Waals surface area contributed by atoms with Crippen LogP contribution in [-0.4, -0.2) is 28.9 Å². The molecule has 1 aromatic rings. The third-order valence-electron chi connectivity index (χ3n) is 5.39. The van der Waals surface area contributed by atoms with E-state index in [-0.39, 0.29) is 18.2 Å². The number of likely N-dealkylation sites (tertiary alicyclic amines) is 1. The summed E-state index contributed by atoms with van der Waals surface area (Å²) in [5.41, 5.74) is 1.01. The topological polar surface area (TPSA) is 46.6 Å². The highest BCUT2D eigenvalue weighted by molar-refractivity contribution is 5.80. The molecule has 0 aromatic heterocycles. The Hall–Kier alpha value is -1.84. The monoisotopic (exact) mass is 329 g/mol. The van der Waals surface area contributed by atoms with Crippen LogP contribution in [0.25, 0.3) is 0 Å². The van der Waals surface area contributed by atoms with Crippen LogP contribution in [0.1, 0.15) is 57.4 Å². The number of rotatable bonds is 5. The fraction of sp³-hybridized carbons (Fsp3) is 0.600. The summed E-state index contributed by atoms with van der Waals surface area (Å²) in [6.45, 7) is 2.48. The smallest absolute Gasteiger partial charge is 0.410 e. The second-order valence-corrected chi connectivity index (χ2v) is 7.09. The number of carbonyl (C=O) groups is 2. The van der Waals surface area contributed by atoms with Crippen molar-refractivity contribution in [2.45, 2.75) is 70.6 Å². The van der Waals surface area contributed by atoms with E-state index in [1.807, 2.05) is 35.2 Å². The van der Waals surface area contributed by atoms with Crippen LogP contribution in [0, 0.1) is 5.92 Å². The number of hydrogen-bond acceptors (Lipinski definition) is 3. The molecule has 0 radical (unpaired) electrons. The van der Waals surface area contributed by atoms with Crippen LogP contribution in [0.15, 0.2) is 30.3 Å². The van der Waals surface area contributed by atoms with Crippen LogP contribution >= 0.6 is 0 Å². The Morgan fingerprint density at radius 1 is 1.29 bits per heavy atom. The number of nitrogens with zero attached hydrogens (tertiary/aromatic N) is 1. The van der Waals surface area contributed by atoms with E-state index in [0.29, 0.717) is 31.1 Å². The number of ether oxygens (including phenoxy) is 1. The molecule has 0 N–H and O–H groups in total.